The average Bonchev–Trinajstić information content (AvgIpc) is 2.29. The van der Waals surface area contributed by atoms with Gasteiger partial charge in [0.1, 0.15) is 6.04 Å². The topological polar surface area (TPSA) is 78.4 Å². The van der Waals surface area contributed by atoms with E-state index < -0.39 is 12.0 Å². The molecule has 1 unspecified atom stereocenters. The Hall–Kier alpha value is -1.36. The fraction of sp³-hybridized carbons (Fsp3) is 0.636. The smallest absolute Gasteiger partial charge is 0.326 e. The fourth-order valence-corrected chi connectivity index (χ4v) is 1.75. The molecule has 1 saturated heterocycles. The maximum Gasteiger partial charge on any atom is 0.326 e. The maximum absolute atomic E-state index is 11.7. The molecule has 5 nitrogen and oxygen atoms in total. The summed E-state index contributed by atoms with van der Waals surface area (Å²) < 4.78 is 0. The molecule has 0 aliphatic carbocycles. The molecule has 0 radical (unpaired) electrons. The van der Waals surface area contributed by atoms with Crippen LogP contribution in [0.1, 0.15) is 19.3 Å². The van der Waals surface area contributed by atoms with Crippen molar-refractivity contribution in [2.75, 3.05) is 13.1 Å². The Morgan fingerprint density at radius 3 is 2.88 bits per heavy atom. The van der Waals surface area contributed by atoms with E-state index in [2.05, 4.69) is 17.2 Å². The molecule has 3 N–H and O–H groups in total. The van der Waals surface area contributed by atoms with Crippen molar-refractivity contribution in [1.82, 2.24) is 10.6 Å². The van der Waals surface area contributed by atoms with Gasteiger partial charge < -0.3 is 15.7 Å². The molecule has 0 aromatic heterocycles. The summed E-state index contributed by atoms with van der Waals surface area (Å²) in [5, 5.41) is 14.5. The summed E-state index contributed by atoms with van der Waals surface area (Å²) in [4.78, 5) is 22.6. The van der Waals surface area contributed by atoms with Gasteiger partial charge in [0.2, 0.25) is 5.91 Å². The fourth-order valence-electron chi connectivity index (χ4n) is 1.75. The van der Waals surface area contributed by atoms with Crippen LogP contribution >= 0.6 is 0 Å². The Labute approximate surface area is 94.9 Å². The zero-order valence-electron chi connectivity index (χ0n) is 9.24. The number of rotatable bonds is 5. The van der Waals surface area contributed by atoms with Crippen molar-refractivity contribution in [3.8, 4) is 0 Å². The Kier molecular flexibility index (Phi) is 4.98. The lowest BCUT2D eigenvalue weighted by Crippen LogP contribution is -2.47. The van der Waals surface area contributed by atoms with Gasteiger partial charge in [0.05, 0.1) is 5.92 Å². The van der Waals surface area contributed by atoms with Gasteiger partial charge in [0.25, 0.3) is 0 Å². The standard InChI is InChI=1S/C11H18N2O3/c1-2-4-9(11(15)16)13-10(14)8-5-3-6-12-7-8/h2,8-9,12H,1,3-7H2,(H,13,14)(H,15,16)/t8-,9?/m1/s1. The van der Waals surface area contributed by atoms with Gasteiger partial charge in [0, 0.05) is 6.54 Å². The molecule has 0 spiro atoms. The minimum absolute atomic E-state index is 0.111. The van der Waals surface area contributed by atoms with Crippen LogP contribution in [0.15, 0.2) is 12.7 Å². The second-order valence-corrected chi connectivity index (χ2v) is 3.97. The first-order valence-electron chi connectivity index (χ1n) is 5.50. The number of hydrogen-bond acceptors (Lipinski definition) is 3. The van der Waals surface area contributed by atoms with Gasteiger partial charge in [-0.2, -0.15) is 0 Å². The zero-order valence-corrected chi connectivity index (χ0v) is 9.24. The number of carboxylic acid groups (broad SMARTS) is 1. The largest absolute Gasteiger partial charge is 0.480 e. The second kappa shape index (κ2) is 6.27. The maximum atomic E-state index is 11.7. The number of piperidine rings is 1. The molecule has 1 fully saturated rings. The first kappa shape index (κ1) is 12.7. The predicted molar refractivity (Wildman–Crippen MR) is 60.0 cm³/mol. The quantitative estimate of drug-likeness (QED) is 0.582. The van der Waals surface area contributed by atoms with Gasteiger partial charge in [-0.15, -0.1) is 6.58 Å². The van der Waals surface area contributed by atoms with Crippen LogP contribution in [0.3, 0.4) is 0 Å². The van der Waals surface area contributed by atoms with Crippen LogP contribution in [0.4, 0.5) is 0 Å². The van der Waals surface area contributed by atoms with Gasteiger partial charge in [-0.1, -0.05) is 6.08 Å². The molecule has 1 amide bonds. The highest BCUT2D eigenvalue weighted by atomic mass is 16.4. The molecule has 90 valence electrons. The van der Waals surface area contributed by atoms with E-state index in [0.29, 0.717) is 6.54 Å². The van der Waals surface area contributed by atoms with E-state index >= 15 is 0 Å². The number of amides is 1. The van der Waals surface area contributed by atoms with Crippen molar-refractivity contribution in [3.05, 3.63) is 12.7 Å². The monoisotopic (exact) mass is 226 g/mol. The molecule has 0 aromatic carbocycles. The minimum atomic E-state index is -1.02. The summed E-state index contributed by atoms with van der Waals surface area (Å²) in [5.74, 6) is -1.31. The Morgan fingerprint density at radius 1 is 1.62 bits per heavy atom. The Balaban J connectivity index is 2.46. The highest BCUT2D eigenvalue weighted by Crippen LogP contribution is 2.10. The molecule has 16 heavy (non-hydrogen) atoms. The molecule has 1 aliphatic heterocycles. The molecule has 5 heteroatoms. The molecule has 0 aromatic rings. The van der Waals surface area contributed by atoms with Gasteiger partial charge in [-0.25, -0.2) is 4.79 Å². The minimum Gasteiger partial charge on any atom is -0.480 e. The van der Waals surface area contributed by atoms with Crippen molar-refractivity contribution in [1.29, 1.82) is 0 Å². The molecular formula is C11H18N2O3. The highest BCUT2D eigenvalue weighted by Gasteiger charge is 2.25. The molecule has 0 saturated carbocycles. The number of hydrogen-bond donors (Lipinski definition) is 3. The third-order valence-corrected chi connectivity index (χ3v) is 2.68. The summed E-state index contributed by atoms with van der Waals surface area (Å²) in [6, 6.07) is -0.855. The van der Waals surface area contributed by atoms with Crippen molar-refractivity contribution < 1.29 is 14.7 Å². The van der Waals surface area contributed by atoms with Crippen molar-refractivity contribution in [3.63, 3.8) is 0 Å². The number of carbonyl (C=O) groups excluding carboxylic acids is 1. The van der Waals surface area contributed by atoms with E-state index in [1.807, 2.05) is 0 Å². The van der Waals surface area contributed by atoms with Crippen LogP contribution in [-0.2, 0) is 9.59 Å². The van der Waals surface area contributed by atoms with Crippen molar-refractivity contribution >= 4 is 11.9 Å². The number of aliphatic carboxylic acids is 1. The van der Waals surface area contributed by atoms with E-state index in [1.54, 1.807) is 0 Å². The van der Waals surface area contributed by atoms with E-state index in [-0.39, 0.29) is 18.2 Å². The van der Waals surface area contributed by atoms with Gasteiger partial charge in [-0.05, 0) is 25.8 Å². The Bertz CT molecular complexity index is 272. The molecule has 2 atom stereocenters. The van der Waals surface area contributed by atoms with E-state index in [9.17, 15) is 9.59 Å². The normalized spacial score (nSPS) is 22.1. The molecule has 0 bridgehead atoms. The molecule has 1 rings (SSSR count). The summed E-state index contributed by atoms with van der Waals surface area (Å²) in [7, 11) is 0. The Morgan fingerprint density at radius 2 is 2.38 bits per heavy atom. The van der Waals surface area contributed by atoms with Crippen LogP contribution in [0.5, 0.6) is 0 Å². The van der Waals surface area contributed by atoms with Gasteiger partial charge in [0.15, 0.2) is 0 Å². The highest BCUT2D eigenvalue weighted by molar-refractivity contribution is 5.85. The van der Waals surface area contributed by atoms with Crippen LogP contribution in [0.2, 0.25) is 0 Å². The number of carboxylic acids is 1. The zero-order chi connectivity index (χ0) is 12.0. The van der Waals surface area contributed by atoms with E-state index in [0.717, 1.165) is 19.4 Å². The molecule has 1 heterocycles. The van der Waals surface area contributed by atoms with Crippen molar-refractivity contribution in [2.24, 2.45) is 5.92 Å². The summed E-state index contributed by atoms with van der Waals surface area (Å²) >= 11 is 0. The van der Waals surface area contributed by atoms with E-state index in [4.69, 9.17) is 5.11 Å². The van der Waals surface area contributed by atoms with Gasteiger partial charge in [-0.3, -0.25) is 4.79 Å². The van der Waals surface area contributed by atoms with Crippen LogP contribution in [0.25, 0.3) is 0 Å². The molecular weight excluding hydrogens is 208 g/mol. The summed E-state index contributed by atoms with van der Waals surface area (Å²) in [6.07, 6.45) is 3.52. The lowest BCUT2D eigenvalue weighted by Gasteiger charge is -2.23. The first-order valence-corrected chi connectivity index (χ1v) is 5.50. The third kappa shape index (κ3) is 3.66. The lowest BCUT2D eigenvalue weighted by molar-refractivity contribution is -0.142. The molecule has 1 aliphatic rings. The van der Waals surface area contributed by atoms with Crippen LogP contribution in [-0.4, -0.2) is 36.1 Å². The van der Waals surface area contributed by atoms with Crippen LogP contribution < -0.4 is 10.6 Å². The number of carbonyl (C=O) groups is 2. The van der Waals surface area contributed by atoms with Crippen molar-refractivity contribution in [2.45, 2.75) is 25.3 Å². The summed E-state index contributed by atoms with van der Waals surface area (Å²) in [6.45, 7) is 5.04. The van der Waals surface area contributed by atoms with Gasteiger partial charge >= 0.3 is 5.97 Å². The summed E-state index contributed by atoms with van der Waals surface area (Å²) in [5.41, 5.74) is 0. The third-order valence-electron chi connectivity index (χ3n) is 2.68. The predicted octanol–water partition coefficient (Wildman–Crippen LogP) is 0.132. The average molecular weight is 226 g/mol. The van der Waals surface area contributed by atoms with E-state index in [1.165, 1.54) is 6.08 Å². The van der Waals surface area contributed by atoms with Crippen LogP contribution in [0, 0.1) is 5.92 Å². The number of nitrogens with one attached hydrogen (secondary N) is 2. The first-order chi connectivity index (χ1) is 7.65. The second-order valence-electron chi connectivity index (χ2n) is 3.97. The lowest BCUT2D eigenvalue weighted by atomic mass is 9.98. The SMILES string of the molecule is C=CCC(NC(=O)[C@@H]1CCCNC1)C(=O)O.